The number of halogens is 2. The lowest BCUT2D eigenvalue weighted by Crippen LogP contribution is -1.96. The van der Waals surface area contributed by atoms with E-state index >= 15 is 0 Å². The molecule has 2 N–H and O–H groups in total. The summed E-state index contributed by atoms with van der Waals surface area (Å²) in [5.74, 6) is 4.60. The average molecular weight is 144 g/mol. The predicted molar refractivity (Wildman–Crippen MR) is 32.4 cm³/mol. The fourth-order valence-corrected chi connectivity index (χ4v) is 0.165. The van der Waals surface area contributed by atoms with Crippen LogP contribution in [0, 0.1) is 0 Å². The Labute approximate surface area is 53.6 Å². The normalized spacial score (nSPS) is 8.86. The van der Waals surface area contributed by atoms with Gasteiger partial charge in [-0.3, -0.25) is 0 Å². The molecular formula is C3H7Cl2NO. The van der Waals surface area contributed by atoms with Crippen LogP contribution in [0.4, 0.5) is 0 Å². The van der Waals surface area contributed by atoms with Crippen LogP contribution < -0.4 is 5.90 Å². The summed E-state index contributed by atoms with van der Waals surface area (Å²) in [7, 11) is 0. The maximum Gasteiger partial charge on any atom is 0.0872 e. The molecule has 0 unspecified atom stereocenters. The minimum atomic E-state index is 0. The standard InChI is InChI=1S/C3H6ClNO.ClH/c4-2-1-3-6-5;/h1-2H,3,5H2;1H. The molecule has 0 aromatic heterocycles. The Balaban J connectivity index is 0. The summed E-state index contributed by atoms with van der Waals surface area (Å²) in [4.78, 5) is 4.11. The highest BCUT2D eigenvalue weighted by Gasteiger charge is 1.64. The van der Waals surface area contributed by atoms with E-state index in [2.05, 4.69) is 10.7 Å². The van der Waals surface area contributed by atoms with Gasteiger partial charge in [-0.2, -0.15) is 0 Å². The van der Waals surface area contributed by atoms with Gasteiger partial charge >= 0.3 is 0 Å². The van der Waals surface area contributed by atoms with Gasteiger partial charge in [-0.1, -0.05) is 11.6 Å². The Hall–Kier alpha value is 0.240. The molecule has 0 fully saturated rings. The van der Waals surface area contributed by atoms with Crippen LogP contribution in [0.3, 0.4) is 0 Å². The van der Waals surface area contributed by atoms with Crippen LogP contribution in [0.25, 0.3) is 0 Å². The molecule has 0 saturated carbocycles. The van der Waals surface area contributed by atoms with Gasteiger partial charge in [0.25, 0.3) is 0 Å². The van der Waals surface area contributed by atoms with Crippen molar-refractivity contribution in [1.29, 1.82) is 0 Å². The molecule has 0 aromatic rings. The minimum Gasteiger partial charge on any atom is -0.300 e. The summed E-state index contributed by atoms with van der Waals surface area (Å²) in [6.07, 6.45) is 1.60. The van der Waals surface area contributed by atoms with Gasteiger partial charge in [0.2, 0.25) is 0 Å². The van der Waals surface area contributed by atoms with E-state index in [9.17, 15) is 0 Å². The Morgan fingerprint density at radius 1 is 1.71 bits per heavy atom. The smallest absolute Gasteiger partial charge is 0.0872 e. The van der Waals surface area contributed by atoms with E-state index in [0.717, 1.165) is 0 Å². The Bertz CT molecular complexity index is 48.2. The molecule has 0 rings (SSSR count). The van der Waals surface area contributed by atoms with E-state index in [-0.39, 0.29) is 12.4 Å². The third kappa shape index (κ3) is 10.7. The van der Waals surface area contributed by atoms with Crippen LogP contribution in [0.2, 0.25) is 0 Å². The van der Waals surface area contributed by atoms with Crippen molar-refractivity contribution < 1.29 is 4.84 Å². The molecule has 0 aliphatic carbocycles. The van der Waals surface area contributed by atoms with Crippen molar-refractivity contribution >= 4 is 24.0 Å². The second kappa shape index (κ2) is 9.53. The van der Waals surface area contributed by atoms with Crippen molar-refractivity contribution in [3.8, 4) is 0 Å². The van der Waals surface area contributed by atoms with E-state index in [0.29, 0.717) is 6.61 Å². The highest BCUT2D eigenvalue weighted by molar-refractivity contribution is 6.25. The van der Waals surface area contributed by atoms with Crippen LogP contribution in [0.15, 0.2) is 11.6 Å². The van der Waals surface area contributed by atoms with Crippen LogP contribution in [-0.2, 0) is 4.84 Å². The first-order valence-electron chi connectivity index (χ1n) is 1.48. The van der Waals surface area contributed by atoms with Gasteiger partial charge in [0.1, 0.15) is 0 Å². The number of hydrogen-bond donors (Lipinski definition) is 1. The summed E-state index contributed by atoms with van der Waals surface area (Å²) in [6.45, 7) is 0.378. The average Bonchev–Trinajstić information content (AvgIpc) is 1.61. The van der Waals surface area contributed by atoms with Crippen molar-refractivity contribution in [3.05, 3.63) is 11.6 Å². The quantitative estimate of drug-likeness (QED) is 0.588. The first kappa shape index (κ1) is 10.3. The van der Waals surface area contributed by atoms with Gasteiger partial charge in [-0.05, 0) is 6.08 Å². The monoisotopic (exact) mass is 143 g/mol. The largest absolute Gasteiger partial charge is 0.300 e. The molecule has 4 heteroatoms. The molecule has 0 aliphatic heterocycles. The summed E-state index contributed by atoms with van der Waals surface area (Å²) in [5.41, 5.74) is 1.35. The third-order valence-corrected chi connectivity index (χ3v) is 0.460. The molecule has 0 aromatic carbocycles. The predicted octanol–water partition coefficient (Wildman–Crippen LogP) is 1.05. The lowest BCUT2D eigenvalue weighted by molar-refractivity contribution is 0.168. The summed E-state index contributed by atoms with van der Waals surface area (Å²) in [5, 5.41) is 0. The van der Waals surface area contributed by atoms with E-state index in [4.69, 9.17) is 11.6 Å². The van der Waals surface area contributed by atoms with Crippen molar-refractivity contribution in [2.45, 2.75) is 0 Å². The molecule has 2 nitrogen and oxygen atoms in total. The second-order valence-corrected chi connectivity index (χ2v) is 0.947. The fraction of sp³-hybridized carbons (Fsp3) is 0.333. The van der Waals surface area contributed by atoms with E-state index < -0.39 is 0 Å². The molecule has 0 saturated heterocycles. The molecule has 44 valence electrons. The molecule has 0 bridgehead atoms. The van der Waals surface area contributed by atoms with Crippen molar-refractivity contribution in [1.82, 2.24) is 0 Å². The van der Waals surface area contributed by atoms with Gasteiger partial charge in [0.15, 0.2) is 0 Å². The zero-order valence-corrected chi connectivity index (χ0v) is 5.21. The minimum absolute atomic E-state index is 0. The van der Waals surface area contributed by atoms with Gasteiger partial charge in [-0.25, -0.2) is 5.90 Å². The Morgan fingerprint density at radius 2 is 2.29 bits per heavy atom. The van der Waals surface area contributed by atoms with Crippen LogP contribution >= 0.6 is 24.0 Å². The zero-order valence-electron chi connectivity index (χ0n) is 3.63. The van der Waals surface area contributed by atoms with Gasteiger partial charge in [0, 0.05) is 5.54 Å². The van der Waals surface area contributed by atoms with Gasteiger partial charge in [-0.15, -0.1) is 12.4 Å². The summed E-state index contributed by atoms with van der Waals surface area (Å²) >= 11 is 5.06. The Morgan fingerprint density at radius 3 is 2.43 bits per heavy atom. The van der Waals surface area contributed by atoms with E-state index in [1.54, 1.807) is 6.08 Å². The van der Waals surface area contributed by atoms with Crippen molar-refractivity contribution in [2.75, 3.05) is 6.61 Å². The van der Waals surface area contributed by atoms with Gasteiger partial charge < -0.3 is 4.84 Å². The number of rotatable bonds is 2. The molecular weight excluding hydrogens is 137 g/mol. The number of hydrogen-bond acceptors (Lipinski definition) is 2. The van der Waals surface area contributed by atoms with Gasteiger partial charge in [0.05, 0.1) is 6.61 Å². The number of nitrogens with two attached hydrogens (primary N) is 1. The highest BCUT2D eigenvalue weighted by atomic mass is 35.5. The molecule has 0 heterocycles. The maximum absolute atomic E-state index is 5.06. The summed E-state index contributed by atoms with van der Waals surface area (Å²) in [6, 6.07) is 0. The topological polar surface area (TPSA) is 35.2 Å². The highest BCUT2D eigenvalue weighted by Crippen LogP contribution is 1.74. The lowest BCUT2D eigenvalue weighted by atomic mass is 10.7. The van der Waals surface area contributed by atoms with E-state index in [1.165, 1.54) is 5.54 Å². The zero-order chi connectivity index (χ0) is 4.83. The summed E-state index contributed by atoms with van der Waals surface area (Å²) < 4.78 is 0. The second-order valence-electron chi connectivity index (χ2n) is 0.695. The SMILES string of the molecule is Cl.NOCC=CCl. The van der Waals surface area contributed by atoms with Crippen LogP contribution in [-0.4, -0.2) is 6.61 Å². The molecule has 0 aliphatic rings. The molecule has 0 radical (unpaired) electrons. The van der Waals surface area contributed by atoms with Crippen molar-refractivity contribution in [2.24, 2.45) is 5.90 Å². The third-order valence-electron chi connectivity index (χ3n) is 0.282. The Kier molecular flexibility index (Phi) is 14.0. The fourth-order valence-electron chi connectivity index (χ4n) is 0.0919. The maximum atomic E-state index is 5.06. The molecule has 0 amide bonds. The molecule has 0 atom stereocenters. The van der Waals surface area contributed by atoms with E-state index in [1.807, 2.05) is 0 Å². The van der Waals surface area contributed by atoms with Crippen LogP contribution in [0.5, 0.6) is 0 Å². The van der Waals surface area contributed by atoms with Crippen molar-refractivity contribution in [3.63, 3.8) is 0 Å². The lowest BCUT2D eigenvalue weighted by Gasteiger charge is -1.80. The molecule has 7 heavy (non-hydrogen) atoms. The first-order valence-corrected chi connectivity index (χ1v) is 1.92. The first-order chi connectivity index (χ1) is 2.91. The molecule has 0 spiro atoms. The van der Waals surface area contributed by atoms with Crippen LogP contribution in [0.1, 0.15) is 0 Å².